The summed E-state index contributed by atoms with van der Waals surface area (Å²) in [7, 11) is 0. The zero-order valence-corrected chi connectivity index (χ0v) is 10.3. The van der Waals surface area contributed by atoms with Crippen LogP contribution in [0, 0.1) is 0 Å². The van der Waals surface area contributed by atoms with Crippen molar-refractivity contribution in [1.82, 2.24) is 15.7 Å². The van der Waals surface area contributed by atoms with Crippen LogP contribution in [0.4, 0.5) is 16.4 Å². The number of nitrogens with one attached hydrogen (secondary N) is 2. The summed E-state index contributed by atoms with van der Waals surface area (Å²) in [5.74, 6) is 0.0102. The molecule has 4 N–H and O–H groups in total. The summed E-state index contributed by atoms with van der Waals surface area (Å²) in [4.78, 5) is 11.4. The molecule has 0 aliphatic heterocycles. The predicted octanol–water partition coefficient (Wildman–Crippen LogP) is 1.46. The first-order valence-corrected chi connectivity index (χ1v) is 5.46. The molecule has 0 saturated heterocycles. The Morgan fingerprint density at radius 2 is 2.11 bits per heavy atom. The van der Waals surface area contributed by atoms with Gasteiger partial charge in [0.05, 0.1) is 6.21 Å². The van der Waals surface area contributed by atoms with Crippen molar-refractivity contribution in [2.45, 2.75) is 0 Å². The van der Waals surface area contributed by atoms with Gasteiger partial charge < -0.3 is 5.73 Å². The van der Waals surface area contributed by atoms with Crippen LogP contribution >= 0.6 is 11.6 Å². The van der Waals surface area contributed by atoms with Crippen LogP contribution in [0.1, 0.15) is 5.56 Å². The number of hydrogen-bond acceptors (Lipinski definition) is 6. The lowest BCUT2D eigenvalue weighted by Gasteiger charge is -1.99. The normalized spacial score (nSPS) is 10.6. The van der Waals surface area contributed by atoms with Gasteiger partial charge in [-0.15, -0.1) is 0 Å². The Hall–Kier alpha value is -2.61. The van der Waals surface area contributed by atoms with Crippen LogP contribution in [-0.4, -0.2) is 22.6 Å². The highest BCUT2D eigenvalue weighted by molar-refractivity contribution is 6.30. The van der Waals surface area contributed by atoms with Gasteiger partial charge in [-0.05, 0) is 28.0 Å². The van der Waals surface area contributed by atoms with E-state index in [4.69, 9.17) is 17.3 Å². The summed E-state index contributed by atoms with van der Waals surface area (Å²) < 4.78 is 4.31. The molecule has 0 spiro atoms. The topological polar surface area (TPSA) is 118 Å². The molecule has 0 unspecified atom stereocenters. The molecule has 0 radical (unpaired) electrons. The summed E-state index contributed by atoms with van der Waals surface area (Å²) in [6, 6.07) is 6.32. The molecule has 2 aromatic rings. The van der Waals surface area contributed by atoms with Crippen molar-refractivity contribution < 1.29 is 9.42 Å². The van der Waals surface area contributed by atoms with Gasteiger partial charge in [-0.1, -0.05) is 23.7 Å². The maximum absolute atomic E-state index is 11.4. The minimum atomic E-state index is -0.618. The summed E-state index contributed by atoms with van der Waals surface area (Å²) >= 11 is 5.73. The molecule has 1 heterocycles. The number of carbonyl (C=O) groups is 1. The molecule has 0 fully saturated rings. The van der Waals surface area contributed by atoms with Crippen LogP contribution in [0.2, 0.25) is 5.02 Å². The van der Waals surface area contributed by atoms with E-state index in [0.717, 1.165) is 5.56 Å². The second-order valence-electron chi connectivity index (χ2n) is 3.37. The van der Waals surface area contributed by atoms with Crippen molar-refractivity contribution in [1.29, 1.82) is 0 Å². The van der Waals surface area contributed by atoms with Crippen LogP contribution in [0.5, 0.6) is 0 Å². The average molecular weight is 281 g/mol. The third-order valence-electron chi connectivity index (χ3n) is 2.00. The van der Waals surface area contributed by atoms with Crippen molar-refractivity contribution >= 4 is 35.5 Å². The number of benzene rings is 1. The van der Waals surface area contributed by atoms with Gasteiger partial charge in [0.1, 0.15) is 0 Å². The van der Waals surface area contributed by atoms with E-state index in [1.807, 2.05) is 0 Å². The molecule has 98 valence electrons. The molecule has 19 heavy (non-hydrogen) atoms. The molecule has 1 aromatic heterocycles. The van der Waals surface area contributed by atoms with E-state index in [1.54, 1.807) is 24.3 Å². The van der Waals surface area contributed by atoms with Crippen LogP contribution in [0.15, 0.2) is 34.0 Å². The molecule has 1 aromatic carbocycles. The van der Waals surface area contributed by atoms with Gasteiger partial charge in [-0.25, -0.2) is 14.8 Å². The monoisotopic (exact) mass is 280 g/mol. The molecule has 9 heteroatoms. The number of halogens is 1. The second-order valence-corrected chi connectivity index (χ2v) is 3.81. The Bertz CT molecular complexity index is 594. The molecule has 0 aliphatic carbocycles. The summed E-state index contributed by atoms with van der Waals surface area (Å²) in [5.41, 5.74) is 8.38. The highest BCUT2D eigenvalue weighted by Gasteiger charge is 2.08. The van der Waals surface area contributed by atoms with Gasteiger partial charge in [0.25, 0.3) is 0 Å². The van der Waals surface area contributed by atoms with Crippen LogP contribution < -0.4 is 16.5 Å². The van der Waals surface area contributed by atoms with Gasteiger partial charge in [0.15, 0.2) is 0 Å². The van der Waals surface area contributed by atoms with Gasteiger partial charge in [-0.2, -0.15) is 5.10 Å². The van der Waals surface area contributed by atoms with Crippen molar-refractivity contribution in [2.24, 2.45) is 5.10 Å². The van der Waals surface area contributed by atoms with E-state index in [-0.39, 0.29) is 11.6 Å². The molecule has 0 atom stereocenters. The number of aromatic nitrogens is 2. The third kappa shape index (κ3) is 3.68. The second kappa shape index (κ2) is 5.83. The lowest BCUT2D eigenvalue weighted by Crippen LogP contribution is -2.24. The standard InChI is InChI=1S/C10H9ClN6O2/c11-7-3-1-6(2-4-7)5-13-15-10(18)14-9-8(12)16-19-17-9/h1-5H,(H2,12,16)(H2,14,15,17,18)/b13-5+. The fraction of sp³-hybridized carbons (Fsp3) is 0. The molecule has 0 saturated carbocycles. The van der Waals surface area contributed by atoms with Crippen molar-refractivity contribution in [2.75, 3.05) is 11.1 Å². The Morgan fingerprint density at radius 1 is 1.37 bits per heavy atom. The number of urea groups is 1. The SMILES string of the molecule is Nc1nonc1NC(=O)N/N=C/c1ccc(Cl)cc1. The Balaban J connectivity index is 1.86. The zero-order chi connectivity index (χ0) is 13.7. The number of anilines is 2. The number of amides is 2. The highest BCUT2D eigenvalue weighted by atomic mass is 35.5. The molecule has 8 nitrogen and oxygen atoms in total. The zero-order valence-electron chi connectivity index (χ0n) is 9.50. The quantitative estimate of drug-likeness (QED) is 0.581. The highest BCUT2D eigenvalue weighted by Crippen LogP contribution is 2.10. The summed E-state index contributed by atoms with van der Waals surface area (Å²) in [6.07, 6.45) is 1.46. The molecule has 0 aliphatic rings. The number of hydrogen-bond donors (Lipinski definition) is 3. The number of nitrogen functional groups attached to an aromatic ring is 1. The predicted molar refractivity (Wildman–Crippen MR) is 69.9 cm³/mol. The van der Waals surface area contributed by atoms with Gasteiger partial charge >= 0.3 is 6.03 Å². The fourth-order valence-electron chi connectivity index (χ4n) is 1.13. The van der Waals surface area contributed by atoms with E-state index in [1.165, 1.54) is 6.21 Å². The van der Waals surface area contributed by atoms with Crippen LogP contribution in [-0.2, 0) is 0 Å². The van der Waals surface area contributed by atoms with Crippen molar-refractivity contribution in [3.05, 3.63) is 34.9 Å². The number of carbonyl (C=O) groups excluding carboxylic acids is 1. The largest absolute Gasteiger partial charge is 0.378 e. The van der Waals surface area contributed by atoms with E-state index in [2.05, 4.69) is 30.8 Å². The lowest BCUT2D eigenvalue weighted by molar-refractivity contribution is 0.252. The molecule has 2 amide bonds. The summed E-state index contributed by atoms with van der Waals surface area (Å²) in [5, 5.41) is 13.3. The van der Waals surface area contributed by atoms with Crippen molar-refractivity contribution in [3.63, 3.8) is 0 Å². The minimum absolute atomic E-state index is 0.0168. The van der Waals surface area contributed by atoms with E-state index < -0.39 is 6.03 Å². The number of nitrogens with zero attached hydrogens (tertiary/aromatic N) is 3. The molecule has 2 rings (SSSR count). The average Bonchev–Trinajstić information content (AvgIpc) is 2.78. The van der Waals surface area contributed by atoms with E-state index in [0.29, 0.717) is 5.02 Å². The maximum Gasteiger partial charge on any atom is 0.340 e. The smallest absolute Gasteiger partial charge is 0.340 e. The minimum Gasteiger partial charge on any atom is -0.378 e. The first-order valence-electron chi connectivity index (χ1n) is 5.09. The number of nitrogens with two attached hydrogens (primary N) is 1. The first kappa shape index (κ1) is 12.8. The Kier molecular flexibility index (Phi) is 3.94. The Morgan fingerprint density at radius 3 is 2.74 bits per heavy atom. The molecular formula is C10H9ClN6O2. The lowest BCUT2D eigenvalue weighted by atomic mass is 10.2. The molecule has 0 bridgehead atoms. The summed E-state index contributed by atoms with van der Waals surface area (Å²) in [6.45, 7) is 0. The fourth-order valence-corrected chi connectivity index (χ4v) is 1.26. The van der Waals surface area contributed by atoms with E-state index >= 15 is 0 Å². The van der Waals surface area contributed by atoms with Gasteiger partial charge in [-0.3, -0.25) is 5.32 Å². The Labute approximate surface area is 112 Å². The third-order valence-corrected chi connectivity index (χ3v) is 2.25. The van der Waals surface area contributed by atoms with E-state index in [9.17, 15) is 4.79 Å². The van der Waals surface area contributed by atoms with Gasteiger partial charge in [0, 0.05) is 5.02 Å². The number of hydrazone groups is 1. The number of rotatable bonds is 3. The van der Waals surface area contributed by atoms with Gasteiger partial charge in [0.2, 0.25) is 11.6 Å². The van der Waals surface area contributed by atoms with Crippen molar-refractivity contribution in [3.8, 4) is 0 Å². The maximum atomic E-state index is 11.4. The first-order chi connectivity index (χ1) is 9.15. The van der Waals surface area contributed by atoms with Crippen LogP contribution in [0.25, 0.3) is 0 Å². The van der Waals surface area contributed by atoms with Crippen LogP contribution in [0.3, 0.4) is 0 Å². The molecular weight excluding hydrogens is 272 g/mol.